The van der Waals surface area contributed by atoms with Crippen LogP contribution in [-0.4, -0.2) is 21.4 Å². The number of rotatable bonds is 6. The molecule has 0 fully saturated rings. The Morgan fingerprint density at radius 3 is 2.64 bits per heavy atom. The van der Waals surface area contributed by atoms with Crippen molar-refractivity contribution in [3.8, 4) is 0 Å². The van der Waals surface area contributed by atoms with Crippen LogP contribution in [0.25, 0.3) is 0 Å². The summed E-state index contributed by atoms with van der Waals surface area (Å²) < 4.78 is 1.88. The number of aryl methyl sites for hydroxylation is 1. The number of fused-ring (bicyclic) bond motifs is 1. The van der Waals surface area contributed by atoms with Crippen molar-refractivity contribution in [2.75, 3.05) is 0 Å². The van der Waals surface area contributed by atoms with E-state index in [2.05, 4.69) is 12.1 Å². The van der Waals surface area contributed by atoms with Gasteiger partial charge in [0.05, 0.1) is 11.6 Å². The second-order valence-electron chi connectivity index (χ2n) is 5.74. The summed E-state index contributed by atoms with van der Waals surface area (Å²) in [7, 11) is 0. The Balaban J connectivity index is 1.62. The first-order chi connectivity index (χ1) is 10.7. The van der Waals surface area contributed by atoms with Crippen LogP contribution in [0, 0.1) is 0 Å². The Morgan fingerprint density at radius 2 is 1.91 bits per heavy atom. The number of carboxylic acids is 1. The monoisotopic (exact) mass is 297 g/mol. The molecule has 1 atom stereocenters. The van der Waals surface area contributed by atoms with Crippen molar-refractivity contribution < 1.29 is 14.7 Å². The molecule has 0 aliphatic carbocycles. The number of Topliss-reactive ketones (excluding diaryl/α,β-unsaturated/α-hetero) is 1. The summed E-state index contributed by atoms with van der Waals surface area (Å²) in [4.78, 5) is 23.5. The molecule has 0 saturated heterocycles. The van der Waals surface area contributed by atoms with Crippen LogP contribution in [0.1, 0.15) is 46.9 Å². The van der Waals surface area contributed by atoms with Crippen LogP contribution in [0.5, 0.6) is 0 Å². The summed E-state index contributed by atoms with van der Waals surface area (Å²) in [5, 5.41) is 9.18. The zero-order chi connectivity index (χ0) is 15.5. The van der Waals surface area contributed by atoms with Gasteiger partial charge in [0.2, 0.25) is 0 Å². The van der Waals surface area contributed by atoms with E-state index in [1.54, 1.807) is 12.1 Å². The molecule has 3 rings (SSSR count). The standard InChI is InChI=1S/C18H19NO3/c20-17(8-4-7-13-5-2-1-3-6-13)16-10-9-15-14(18(21)22)11-12-19(15)16/h1-3,5-6,9-10,14H,4,7-8,11-12H2,(H,21,22). The highest BCUT2D eigenvalue weighted by Crippen LogP contribution is 2.31. The van der Waals surface area contributed by atoms with Crippen LogP contribution < -0.4 is 0 Å². The van der Waals surface area contributed by atoms with E-state index in [4.69, 9.17) is 0 Å². The van der Waals surface area contributed by atoms with Crippen LogP contribution in [0.3, 0.4) is 0 Å². The normalized spacial score (nSPS) is 16.5. The molecule has 0 bridgehead atoms. The fourth-order valence-electron chi connectivity index (χ4n) is 3.16. The number of benzene rings is 1. The Labute approximate surface area is 129 Å². The number of ketones is 1. The largest absolute Gasteiger partial charge is 0.481 e. The van der Waals surface area contributed by atoms with Gasteiger partial charge in [0.15, 0.2) is 5.78 Å². The first-order valence-corrected chi connectivity index (χ1v) is 7.66. The van der Waals surface area contributed by atoms with E-state index < -0.39 is 11.9 Å². The van der Waals surface area contributed by atoms with Gasteiger partial charge in [-0.15, -0.1) is 0 Å². The van der Waals surface area contributed by atoms with Gasteiger partial charge in [-0.2, -0.15) is 0 Å². The summed E-state index contributed by atoms with van der Waals surface area (Å²) in [6.07, 6.45) is 2.77. The average Bonchev–Trinajstić information content (AvgIpc) is 3.09. The van der Waals surface area contributed by atoms with Gasteiger partial charge in [0.1, 0.15) is 0 Å². The van der Waals surface area contributed by atoms with Crippen molar-refractivity contribution in [2.45, 2.75) is 38.1 Å². The highest BCUT2D eigenvalue weighted by molar-refractivity contribution is 5.95. The molecular formula is C18H19NO3. The van der Waals surface area contributed by atoms with Gasteiger partial charge in [0, 0.05) is 18.7 Å². The molecule has 0 spiro atoms. The summed E-state index contributed by atoms with van der Waals surface area (Å²) in [6, 6.07) is 13.7. The summed E-state index contributed by atoms with van der Waals surface area (Å²) in [6.45, 7) is 0.624. The van der Waals surface area contributed by atoms with Crippen LogP contribution in [0.15, 0.2) is 42.5 Å². The molecule has 4 nitrogen and oxygen atoms in total. The lowest BCUT2D eigenvalue weighted by Gasteiger charge is -2.06. The first-order valence-electron chi connectivity index (χ1n) is 7.66. The lowest BCUT2D eigenvalue weighted by molar-refractivity contribution is -0.138. The minimum absolute atomic E-state index is 0.105. The average molecular weight is 297 g/mol. The van der Waals surface area contributed by atoms with Gasteiger partial charge in [-0.3, -0.25) is 9.59 Å². The summed E-state index contributed by atoms with van der Waals surface area (Å²) in [5.74, 6) is -1.17. The van der Waals surface area contributed by atoms with Crippen molar-refractivity contribution in [1.29, 1.82) is 0 Å². The number of nitrogens with zero attached hydrogens (tertiary/aromatic N) is 1. The van der Waals surface area contributed by atoms with Crippen molar-refractivity contribution in [2.24, 2.45) is 0 Å². The molecule has 2 aromatic rings. The van der Waals surface area contributed by atoms with Crippen molar-refractivity contribution in [3.05, 3.63) is 59.4 Å². The van der Waals surface area contributed by atoms with E-state index in [-0.39, 0.29) is 5.78 Å². The number of hydrogen-bond acceptors (Lipinski definition) is 2. The van der Waals surface area contributed by atoms with E-state index in [0.29, 0.717) is 25.1 Å². The number of carboxylic acid groups (broad SMARTS) is 1. The van der Waals surface area contributed by atoms with Crippen LogP contribution in [-0.2, 0) is 17.8 Å². The van der Waals surface area contributed by atoms with Crippen LogP contribution in [0.2, 0.25) is 0 Å². The predicted octanol–water partition coefficient (Wildman–Crippen LogP) is 3.27. The minimum Gasteiger partial charge on any atom is -0.481 e. The van der Waals surface area contributed by atoms with E-state index >= 15 is 0 Å². The molecule has 0 saturated carbocycles. The highest BCUT2D eigenvalue weighted by atomic mass is 16.4. The molecule has 2 heterocycles. The first kappa shape index (κ1) is 14.6. The maximum atomic E-state index is 12.4. The quantitative estimate of drug-likeness (QED) is 0.832. The smallest absolute Gasteiger partial charge is 0.312 e. The number of hydrogen-bond donors (Lipinski definition) is 1. The van der Waals surface area contributed by atoms with E-state index in [0.717, 1.165) is 18.5 Å². The summed E-state index contributed by atoms with van der Waals surface area (Å²) >= 11 is 0. The molecule has 22 heavy (non-hydrogen) atoms. The van der Waals surface area contributed by atoms with Gasteiger partial charge >= 0.3 is 5.97 Å². The molecule has 1 unspecified atom stereocenters. The lowest BCUT2D eigenvalue weighted by atomic mass is 10.0. The molecule has 1 aliphatic rings. The fraction of sp³-hybridized carbons (Fsp3) is 0.333. The van der Waals surface area contributed by atoms with Gasteiger partial charge in [-0.05, 0) is 37.0 Å². The Bertz CT molecular complexity index is 688. The molecular weight excluding hydrogens is 278 g/mol. The van der Waals surface area contributed by atoms with Crippen LogP contribution in [0.4, 0.5) is 0 Å². The third-order valence-corrected chi connectivity index (χ3v) is 4.31. The van der Waals surface area contributed by atoms with Crippen LogP contribution >= 0.6 is 0 Å². The molecule has 1 aromatic heterocycles. The molecule has 1 aliphatic heterocycles. The Morgan fingerprint density at radius 1 is 1.14 bits per heavy atom. The van der Waals surface area contributed by atoms with E-state index in [1.165, 1.54) is 5.56 Å². The zero-order valence-corrected chi connectivity index (χ0v) is 12.4. The highest BCUT2D eigenvalue weighted by Gasteiger charge is 2.31. The summed E-state index contributed by atoms with van der Waals surface area (Å²) in [5.41, 5.74) is 2.66. The molecule has 0 radical (unpaired) electrons. The molecule has 1 N–H and O–H groups in total. The third kappa shape index (κ3) is 2.82. The second kappa shape index (κ2) is 6.18. The predicted molar refractivity (Wildman–Crippen MR) is 83.1 cm³/mol. The number of carbonyl (C=O) groups excluding carboxylic acids is 1. The van der Waals surface area contributed by atoms with Gasteiger partial charge in [-0.25, -0.2) is 0 Å². The molecule has 0 amide bonds. The maximum absolute atomic E-state index is 12.4. The Hall–Kier alpha value is -2.36. The molecule has 114 valence electrons. The Kier molecular flexibility index (Phi) is 4.09. The van der Waals surface area contributed by atoms with Crippen molar-refractivity contribution >= 4 is 11.8 Å². The molecule has 4 heteroatoms. The van der Waals surface area contributed by atoms with Crippen molar-refractivity contribution in [1.82, 2.24) is 4.57 Å². The number of aromatic nitrogens is 1. The minimum atomic E-state index is -0.806. The SMILES string of the molecule is O=C(CCCc1ccccc1)c1ccc2n1CCC2C(=O)O. The van der Waals surface area contributed by atoms with Gasteiger partial charge in [0.25, 0.3) is 0 Å². The maximum Gasteiger partial charge on any atom is 0.312 e. The van der Waals surface area contributed by atoms with Gasteiger partial charge in [-0.1, -0.05) is 30.3 Å². The van der Waals surface area contributed by atoms with E-state index in [1.807, 2.05) is 22.8 Å². The third-order valence-electron chi connectivity index (χ3n) is 4.31. The van der Waals surface area contributed by atoms with Gasteiger partial charge < -0.3 is 9.67 Å². The fourth-order valence-corrected chi connectivity index (χ4v) is 3.16. The lowest BCUT2D eigenvalue weighted by Crippen LogP contribution is -2.09. The zero-order valence-electron chi connectivity index (χ0n) is 12.4. The van der Waals surface area contributed by atoms with E-state index in [9.17, 15) is 14.7 Å². The number of aliphatic carboxylic acids is 1. The topological polar surface area (TPSA) is 59.3 Å². The second-order valence-corrected chi connectivity index (χ2v) is 5.74. The number of carbonyl (C=O) groups is 2. The van der Waals surface area contributed by atoms with Crippen molar-refractivity contribution in [3.63, 3.8) is 0 Å². The molecule has 1 aromatic carbocycles.